The summed E-state index contributed by atoms with van der Waals surface area (Å²) in [5.74, 6) is 0.449. The summed E-state index contributed by atoms with van der Waals surface area (Å²) < 4.78 is 33.0. The summed E-state index contributed by atoms with van der Waals surface area (Å²) in [6.07, 6.45) is 0.302. The van der Waals surface area contributed by atoms with Crippen LogP contribution in [0.3, 0.4) is 0 Å². The van der Waals surface area contributed by atoms with Crippen LogP contribution in [0.5, 0.6) is 5.75 Å². The first-order valence-corrected chi connectivity index (χ1v) is 9.56. The van der Waals surface area contributed by atoms with Gasteiger partial charge in [-0.05, 0) is 55.9 Å². The smallest absolute Gasteiger partial charge is 0.262 e. The van der Waals surface area contributed by atoms with Gasteiger partial charge in [0.2, 0.25) is 5.91 Å². The van der Waals surface area contributed by atoms with Crippen molar-refractivity contribution in [2.45, 2.75) is 18.2 Å². The number of anilines is 2. The lowest BCUT2D eigenvalue weighted by Crippen LogP contribution is -2.19. The molecule has 7 nitrogen and oxygen atoms in total. The summed E-state index contributed by atoms with van der Waals surface area (Å²) >= 11 is 0. The van der Waals surface area contributed by atoms with Crippen LogP contribution >= 0.6 is 0 Å². The van der Waals surface area contributed by atoms with Gasteiger partial charge in [0.25, 0.3) is 10.0 Å². The molecule has 0 spiro atoms. The fourth-order valence-electron chi connectivity index (χ4n) is 2.30. The molecule has 0 aliphatic carbocycles. The van der Waals surface area contributed by atoms with Crippen molar-refractivity contribution in [3.63, 3.8) is 0 Å². The average molecular weight is 377 g/mol. The van der Waals surface area contributed by atoms with Crippen LogP contribution in [0.4, 0.5) is 11.4 Å². The van der Waals surface area contributed by atoms with Crippen LogP contribution in [0.15, 0.2) is 47.4 Å². The minimum atomic E-state index is -3.79. The van der Waals surface area contributed by atoms with E-state index < -0.39 is 10.0 Å². The van der Waals surface area contributed by atoms with Gasteiger partial charge in [0.15, 0.2) is 0 Å². The SMILES string of the molecule is CNCCC(=O)Nc1ccc(C)c(S(=O)(=O)Nc2ccc(OC)cc2)c1. The van der Waals surface area contributed by atoms with Gasteiger partial charge >= 0.3 is 0 Å². The molecule has 2 aromatic carbocycles. The van der Waals surface area contributed by atoms with Gasteiger partial charge in [-0.1, -0.05) is 6.07 Å². The van der Waals surface area contributed by atoms with E-state index in [1.807, 2.05) is 0 Å². The van der Waals surface area contributed by atoms with Crippen molar-refractivity contribution in [2.24, 2.45) is 0 Å². The summed E-state index contributed by atoms with van der Waals surface area (Å²) in [4.78, 5) is 12.0. The molecule has 0 aromatic heterocycles. The van der Waals surface area contributed by atoms with Gasteiger partial charge in [-0.3, -0.25) is 9.52 Å². The lowest BCUT2D eigenvalue weighted by atomic mass is 10.2. The Morgan fingerprint density at radius 1 is 1.08 bits per heavy atom. The van der Waals surface area contributed by atoms with E-state index in [0.717, 1.165) is 0 Å². The second kappa shape index (κ2) is 8.68. The molecule has 0 heterocycles. The fraction of sp³-hybridized carbons (Fsp3) is 0.278. The Labute approximate surface area is 153 Å². The van der Waals surface area contributed by atoms with Crippen molar-refractivity contribution in [3.05, 3.63) is 48.0 Å². The van der Waals surface area contributed by atoms with Gasteiger partial charge in [0, 0.05) is 24.3 Å². The highest BCUT2D eigenvalue weighted by molar-refractivity contribution is 7.92. The molecule has 1 amide bonds. The lowest BCUT2D eigenvalue weighted by Gasteiger charge is -2.13. The maximum Gasteiger partial charge on any atom is 0.262 e. The Kier molecular flexibility index (Phi) is 6.59. The number of carbonyl (C=O) groups is 1. The Hall–Kier alpha value is -2.58. The number of aryl methyl sites for hydroxylation is 1. The highest BCUT2D eigenvalue weighted by Crippen LogP contribution is 2.24. The second-order valence-corrected chi connectivity index (χ2v) is 7.37. The predicted molar refractivity (Wildman–Crippen MR) is 102 cm³/mol. The number of carbonyl (C=O) groups excluding carboxylic acids is 1. The summed E-state index contributed by atoms with van der Waals surface area (Å²) in [5.41, 5.74) is 1.44. The summed E-state index contributed by atoms with van der Waals surface area (Å²) in [7, 11) is -0.494. The van der Waals surface area contributed by atoms with Crippen molar-refractivity contribution >= 4 is 27.3 Å². The third kappa shape index (κ3) is 5.21. The third-order valence-electron chi connectivity index (χ3n) is 3.71. The van der Waals surface area contributed by atoms with E-state index >= 15 is 0 Å². The van der Waals surface area contributed by atoms with E-state index in [2.05, 4.69) is 15.4 Å². The molecule has 0 saturated carbocycles. The van der Waals surface area contributed by atoms with Crippen molar-refractivity contribution in [1.82, 2.24) is 5.32 Å². The van der Waals surface area contributed by atoms with E-state index in [4.69, 9.17) is 4.74 Å². The zero-order chi connectivity index (χ0) is 19.2. The van der Waals surface area contributed by atoms with E-state index in [9.17, 15) is 13.2 Å². The van der Waals surface area contributed by atoms with Crippen molar-refractivity contribution in [3.8, 4) is 5.75 Å². The standard InChI is InChI=1S/C18H23N3O4S/c1-13-4-5-15(20-18(22)10-11-19-2)12-17(13)26(23,24)21-14-6-8-16(25-3)9-7-14/h4-9,12,19,21H,10-11H2,1-3H3,(H,20,22). The van der Waals surface area contributed by atoms with Crippen molar-refractivity contribution < 1.29 is 17.9 Å². The number of nitrogens with one attached hydrogen (secondary N) is 3. The van der Waals surface area contributed by atoms with Crippen LogP contribution in [0, 0.1) is 6.92 Å². The zero-order valence-corrected chi connectivity index (χ0v) is 15.8. The average Bonchev–Trinajstić information content (AvgIpc) is 2.61. The summed E-state index contributed by atoms with van der Waals surface area (Å²) in [5, 5.41) is 5.60. The molecule has 0 atom stereocenters. The van der Waals surface area contributed by atoms with Crippen LogP contribution in [0.25, 0.3) is 0 Å². The first-order chi connectivity index (χ1) is 12.4. The van der Waals surface area contributed by atoms with E-state index in [1.54, 1.807) is 57.5 Å². The van der Waals surface area contributed by atoms with Crippen LogP contribution < -0.4 is 20.1 Å². The molecule has 8 heteroatoms. The molecule has 0 bridgehead atoms. The molecule has 0 aliphatic heterocycles. The predicted octanol–water partition coefficient (Wildman–Crippen LogP) is 2.35. The Bertz CT molecular complexity index is 865. The van der Waals surface area contributed by atoms with Crippen LogP contribution in [0.2, 0.25) is 0 Å². The van der Waals surface area contributed by atoms with E-state index in [0.29, 0.717) is 35.7 Å². The molecule has 0 aliphatic rings. The quantitative estimate of drug-likeness (QED) is 0.656. The van der Waals surface area contributed by atoms with Crippen LogP contribution in [-0.4, -0.2) is 35.0 Å². The number of benzene rings is 2. The molecular weight excluding hydrogens is 354 g/mol. The summed E-state index contributed by atoms with van der Waals surface area (Å²) in [6.45, 7) is 2.25. The lowest BCUT2D eigenvalue weighted by molar-refractivity contribution is -0.116. The minimum Gasteiger partial charge on any atom is -0.497 e. The largest absolute Gasteiger partial charge is 0.497 e. The van der Waals surface area contributed by atoms with Crippen molar-refractivity contribution in [1.29, 1.82) is 0 Å². The Balaban J connectivity index is 2.21. The van der Waals surface area contributed by atoms with Gasteiger partial charge in [-0.2, -0.15) is 0 Å². The highest BCUT2D eigenvalue weighted by atomic mass is 32.2. The van der Waals surface area contributed by atoms with Gasteiger partial charge in [0.05, 0.1) is 12.0 Å². The van der Waals surface area contributed by atoms with Gasteiger partial charge < -0.3 is 15.4 Å². The Morgan fingerprint density at radius 2 is 1.73 bits per heavy atom. The third-order valence-corrected chi connectivity index (χ3v) is 5.23. The Morgan fingerprint density at radius 3 is 2.35 bits per heavy atom. The molecule has 140 valence electrons. The first-order valence-electron chi connectivity index (χ1n) is 8.07. The topological polar surface area (TPSA) is 96.5 Å². The number of methoxy groups -OCH3 is 1. The molecule has 3 N–H and O–H groups in total. The number of amides is 1. The molecule has 0 saturated heterocycles. The number of sulfonamides is 1. The molecule has 2 aromatic rings. The fourth-order valence-corrected chi connectivity index (χ4v) is 3.63. The molecular formula is C18H23N3O4S. The molecule has 0 fully saturated rings. The van der Waals surface area contributed by atoms with Gasteiger partial charge in [0.1, 0.15) is 5.75 Å². The monoisotopic (exact) mass is 377 g/mol. The molecule has 26 heavy (non-hydrogen) atoms. The van der Waals surface area contributed by atoms with Gasteiger partial charge in [-0.25, -0.2) is 8.42 Å². The van der Waals surface area contributed by atoms with Crippen LogP contribution in [-0.2, 0) is 14.8 Å². The number of hydrogen-bond acceptors (Lipinski definition) is 5. The molecule has 0 unspecified atom stereocenters. The van der Waals surface area contributed by atoms with Gasteiger partial charge in [-0.15, -0.1) is 0 Å². The normalized spacial score (nSPS) is 11.0. The summed E-state index contributed by atoms with van der Waals surface area (Å²) in [6, 6.07) is 11.4. The molecule has 2 rings (SSSR count). The zero-order valence-electron chi connectivity index (χ0n) is 15.0. The minimum absolute atomic E-state index is 0.111. The maximum absolute atomic E-state index is 12.7. The van der Waals surface area contributed by atoms with Crippen molar-refractivity contribution in [2.75, 3.05) is 30.7 Å². The first kappa shape index (κ1) is 19.7. The molecule has 0 radical (unpaired) electrons. The van der Waals surface area contributed by atoms with E-state index in [1.165, 1.54) is 6.07 Å². The van der Waals surface area contributed by atoms with E-state index in [-0.39, 0.29) is 10.8 Å². The number of ether oxygens (including phenoxy) is 1. The maximum atomic E-state index is 12.7. The van der Waals surface area contributed by atoms with Crippen LogP contribution in [0.1, 0.15) is 12.0 Å². The highest BCUT2D eigenvalue weighted by Gasteiger charge is 2.18. The number of hydrogen-bond donors (Lipinski definition) is 3. The number of rotatable bonds is 8. The second-order valence-electron chi connectivity index (χ2n) is 5.72.